The Balaban J connectivity index is 2.06. The standard InChI is InChI=1S/C14H16INO4/c1-20-9-3-4-10(15)11(7-9)16-12(17)8-14(13(18)19)5-2-6-14/h3-4,7H,2,5-6,8H2,1H3,(H,16,17)(H,18,19). The molecule has 108 valence electrons. The molecule has 6 heteroatoms. The summed E-state index contributed by atoms with van der Waals surface area (Å²) in [5.74, 6) is -0.491. The Morgan fingerprint density at radius 1 is 1.45 bits per heavy atom. The van der Waals surface area contributed by atoms with Gasteiger partial charge in [-0.2, -0.15) is 0 Å². The average Bonchev–Trinajstić information content (AvgIpc) is 2.36. The van der Waals surface area contributed by atoms with Crippen molar-refractivity contribution < 1.29 is 19.4 Å². The zero-order valence-corrected chi connectivity index (χ0v) is 13.3. The number of amides is 1. The molecule has 2 N–H and O–H groups in total. The highest BCUT2D eigenvalue weighted by Crippen LogP contribution is 2.44. The second-order valence-electron chi connectivity index (χ2n) is 5.01. The molecule has 1 amide bonds. The molecule has 0 saturated heterocycles. The molecule has 0 atom stereocenters. The second kappa shape index (κ2) is 5.99. The van der Waals surface area contributed by atoms with Crippen LogP contribution in [-0.2, 0) is 9.59 Å². The summed E-state index contributed by atoms with van der Waals surface area (Å²) in [6.45, 7) is 0. The summed E-state index contributed by atoms with van der Waals surface area (Å²) in [7, 11) is 1.56. The predicted molar refractivity (Wildman–Crippen MR) is 82.9 cm³/mol. The van der Waals surface area contributed by atoms with Crippen LogP contribution in [0.25, 0.3) is 0 Å². The third kappa shape index (κ3) is 3.05. The van der Waals surface area contributed by atoms with Gasteiger partial charge in [-0.05, 0) is 47.6 Å². The van der Waals surface area contributed by atoms with Crippen LogP contribution in [0.5, 0.6) is 5.75 Å². The van der Waals surface area contributed by atoms with Crippen LogP contribution in [0.1, 0.15) is 25.7 Å². The summed E-state index contributed by atoms with van der Waals surface area (Å²) in [5.41, 5.74) is -0.219. The fourth-order valence-electron chi connectivity index (χ4n) is 2.30. The van der Waals surface area contributed by atoms with Crippen molar-refractivity contribution in [2.24, 2.45) is 5.41 Å². The zero-order chi connectivity index (χ0) is 14.8. The van der Waals surface area contributed by atoms with E-state index in [1.165, 1.54) is 0 Å². The van der Waals surface area contributed by atoms with Gasteiger partial charge in [-0.25, -0.2) is 0 Å². The van der Waals surface area contributed by atoms with E-state index >= 15 is 0 Å². The highest BCUT2D eigenvalue weighted by Gasteiger charge is 2.45. The molecule has 1 aliphatic carbocycles. The van der Waals surface area contributed by atoms with Gasteiger partial charge >= 0.3 is 5.97 Å². The predicted octanol–water partition coefficient (Wildman–Crippen LogP) is 2.88. The van der Waals surface area contributed by atoms with Gasteiger partial charge in [0.15, 0.2) is 0 Å². The zero-order valence-electron chi connectivity index (χ0n) is 11.1. The molecule has 0 heterocycles. The van der Waals surface area contributed by atoms with E-state index in [2.05, 4.69) is 27.9 Å². The minimum atomic E-state index is -0.876. The molecule has 1 aliphatic rings. The van der Waals surface area contributed by atoms with Gasteiger partial charge in [0.1, 0.15) is 5.75 Å². The molecular weight excluding hydrogens is 373 g/mol. The molecule has 1 aromatic carbocycles. The Morgan fingerprint density at radius 2 is 2.15 bits per heavy atom. The molecule has 1 aromatic rings. The maximum atomic E-state index is 12.1. The smallest absolute Gasteiger partial charge is 0.310 e. The number of methoxy groups -OCH3 is 1. The third-order valence-corrected chi connectivity index (χ3v) is 4.65. The molecule has 20 heavy (non-hydrogen) atoms. The molecule has 0 aliphatic heterocycles. The largest absolute Gasteiger partial charge is 0.497 e. The molecule has 5 nitrogen and oxygen atoms in total. The lowest BCUT2D eigenvalue weighted by molar-refractivity contribution is -0.157. The molecule has 1 fully saturated rings. The number of carbonyl (C=O) groups excluding carboxylic acids is 1. The number of hydrogen-bond acceptors (Lipinski definition) is 3. The lowest BCUT2D eigenvalue weighted by Gasteiger charge is -2.36. The van der Waals surface area contributed by atoms with Crippen LogP contribution in [0.15, 0.2) is 18.2 Å². The van der Waals surface area contributed by atoms with Gasteiger partial charge in [-0.1, -0.05) is 6.42 Å². The Morgan fingerprint density at radius 3 is 2.65 bits per heavy atom. The summed E-state index contributed by atoms with van der Waals surface area (Å²) in [6.07, 6.45) is 2.04. The fraction of sp³-hybridized carbons (Fsp3) is 0.429. The number of anilines is 1. The molecule has 0 bridgehead atoms. The number of nitrogens with one attached hydrogen (secondary N) is 1. The van der Waals surface area contributed by atoms with Gasteiger partial charge in [0.05, 0.1) is 18.2 Å². The minimum Gasteiger partial charge on any atom is -0.497 e. The summed E-state index contributed by atoms with van der Waals surface area (Å²) >= 11 is 2.11. The molecule has 1 saturated carbocycles. The number of aliphatic carboxylic acids is 1. The highest BCUT2D eigenvalue weighted by molar-refractivity contribution is 14.1. The van der Waals surface area contributed by atoms with Crippen LogP contribution in [-0.4, -0.2) is 24.1 Å². The van der Waals surface area contributed by atoms with E-state index in [-0.39, 0.29) is 12.3 Å². The van der Waals surface area contributed by atoms with Crippen LogP contribution in [0.2, 0.25) is 0 Å². The Kier molecular flexibility index (Phi) is 4.52. The third-order valence-electron chi connectivity index (χ3n) is 3.71. The summed E-state index contributed by atoms with van der Waals surface area (Å²) < 4.78 is 6.00. The topological polar surface area (TPSA) is 75.6 Å². The first-order valence-corrected chi connectivity index (χ1v) is 7.41. The second-order valence-corrected chi connectivity index (χ2v) is 6.17. The van der Waals surface area contributed by atoms with Crippen molar-refractivity contribution in [3.63, 3.8) is 0 Å². The monoisotopic (exact) mass is 389 g/mol. The number of carboxylic acid groups (broad SMARTS) is 1. The Labute approximate surface area is 130 Å². The van der Waals surface area contributed by atoms with E-state index in [1.807, 2.05) is 12.1 Å². The number of carboxylic acids is 1. The minimum absolute atomic E-state index is 0.0234. The quantitative estimate of drug-likeness (QED) is 0.760. The van der Waals surface area contributed by atoms with Crippen LogP contribution in [0.4, 0.5) is 5.69 Å². The van der Waals surface area contributed by atoms with Crippen molar-refractivity contribution in [1.29, 1.82) is 0 Å². The number of halogens is 1. The van der Waals surface area contributed by atoms with Gasteiger partial charge in [0.25, 0.3) is 0 Å². The molecule has 0 aromatic heterocycles. The molecule has 0 spiro atoms. The number of rotatable bonds is 5. The van der Waals surface area contributed by atoms with E-state index in [1.54, 1.807) is 13.2 Å². The Bertz CT molecular complexity index is 540. The number of benzene rings is 1. The van der Waals surface area contributed by atoms with Gasteiger partial charge < -0.3 is 15.2 Å². The van der Waals surface area contributed by atoms with E-state index in [0.717, 1.165) is 9.99 Å². The lowest BCUT2D eigenvalue weighted by Crippen LogP contribution is -2.41. The maximum Gasteiger partial charge on any atom is 0.310 e. The number of ether oxygens (including phenoxy) is 1. The van der Waals surface area contributed by atoms with Crippen LogP contribution < -0.4 is 10.1 Å². The molecule has 0 unspecified atom stereocenters. The van der Waals surface area contributed by atoms with Crippen molar-refractivity contribution in [3.8, 4) is 5.75 Å². The van der Waals surface area contributed by atoms with E-state index in [0.29, 0.717) is 24.3 Å². The van der Waals surface area contributed by atoms with Crippen molar-refractivity contribution in [2.45, 2.75) is 25.7 Å². The highest BCUT2D eigenvalue weighted by atomic mass is 127. The van der Waals surface area contributed by atoms with Crippen molar-refractivity contribution in [3.05, 3.63) is 21.8 Å². The fourth-order valence-corrected chi connectivity index (χ4v) is 2.77. The molecule has 2 rings (SSSR count). The van der Waals surface area contributed by atoms with Gasteiger partial charge in [-0.3, -0.25) is 9.59 Å². The SMILES string of the molecule is COc1ccc(I)c(NC(=O)CC2(C(=O)O)CCC2)c1. The average molecular weight is 389 g/mol. The first kappa shape index (κ1) is 15.1. The maximum absolute atomic E-state index is 12.1. The first-order valence-electron chi connectivity index (χ1n) is 6.34. The van der Waals surface area contributed by atoms with Crippen molar-refractivity contribution >= 4 is 40.2 Å². The van der Waals surface area contributed by atoms with Crippen LogP contribution in [0.3, 0.4) is 0 Å². The van der Waals surface area contributed by atoms with E-state index in [9.17, 15) is 14.7 Å². The first-order chi connectivity index (χ1) is 9.47. The van der Waals surface area contributed by atoms with Gasteiger partial charge in [0.2, 0.25) is 5.91 Å². The van der Waals surface area contributed by atoms with Gasteiger partial charge in [0, 0.05) is 16.1 Å². The summed E-state index contributed by atoms with van der Waals surface area (Å²) in [5, 5.41) is 12.0. The number of carbonyl (C=O) groups is 2. The molecule has 0 radical (unpaired) electrons. The van der Waals surface area contributed by atoms with Gasteiger partial charge in [-0.15, -0.1) is 0 Å². The summed E-state index contributed by atoms with van der Waals surface area (Å²) in [4.78, 5) is 23.3. The summed E-state index contributed by atoms with van der Waals surface area (Å²) in [6, 6.07) is 5.38. The normalized spacial score (nSPS) is 16.1. The van der Waals surface area contributed by atoms with Crippen molar-refractivity contribution in [1.82, 2.24) is 0 Å². The van der Waals surface area contributed by atoms with E-state index < -0.39 is 11.4 Å². The number of hydrogen-bond donors (Lipinski definition) is 2. The molecular formula is C14H16INO4. The van der Waals surface area contributed by atoms with Crippen LogP contribution in [0, 0.1) is 8.99 Å². The van der Waals surface area contributed by atoms with Crippen molar-refractivity contribution in [2.75, 3.05) is 12.4 Å². The van der Waals surface area contributed by atoms with E-state index in [4.69, 9.17) is 4.74 Å². The van der Waals surface area contributed by atoms with Crippen LogP contribution >= 0.6 is 22.6 Å². The Hall–Kier alpha value is -1.31. The lowest BCUT2D eigenvalue weighted by atomic mass is 9.66.